The van der Waals surface area contributed by atoms with Gasteiger partial charge in [0.05, 0.1) is 6.10 Å². The van der Waals surface area contributed by atoms with Gasteiger partial charge in [0.15, 0.2) is 11.5 Å². The van der Waals surface area contributed by atoms with Crippen LogP contribution in [0.5, 0.6) is 0 Å². The maximum absolute atomic E-state index is 13.5. The molecule has 5 nitrogen and oxygen atoms in total. The van der Waals surface area contributed by atoms with Gasteiger partial charge in [0.2, 0.25) is 5.78 Å². The van der Waals surface area contributed by atoms with E-state index in [0.717, 1.165) is 19.3 Å². The normalized spacial score (nSPS) is 33.2. The van der Waals surface area contributed by atoms with E-state index in [1.54, 1.807) is 13.8 Å². The largest absolute Gasteiger partial charge is 0.422 e. The van der Waals surface area contributed by atoms with Crippen LogP contribution in [0.1, 0.15) is 67.2 Å². The average molecular weight is 374 g/mol. The lowest BCUT2D eigenvalue weighted by Gasteiger charge is -2.56. The van der Waals surface area contributed by atoms with Gasteiger partial charge in [-0.25, -0.2) is 0 Å². The van der Waals surface area contributed by atoms with Crippen LogP contribution in [0.4, 0.5) is 0 Å². The van der Waals surface area contributed by atoms with Crippen molar-refractivity contribution in [2.75, 3.05) is 0 Å². The molecule has 0 aromatic rings. The number of rotatable bonds is 2. The average Bonchev–Trinajstić information content (AvgIpc) is 2.52. The van der Waals surface area contributed by atoms with E-state index in [0.29, 0.717) is 12.0 Å². The van der Waals surface area contributed by atoms with Crippen LogP contribution in [0.15, 0.2) is 22.5 Å². The summed E-state index contributed by atoms with van der Waals surface area (Å²) in [6.45, 7) is 11.2. The minimum Gasteiger partial charge on any atom is -0.422 e. The topological polar surface area (TPSA) is 80.7 Å². The van der Waals surface area contributed by atoms with Gasteiger partial charge in [-0.05, 0) is 36.5 Å². The van der Waals surface area contributed by atoms with Crippen molar-refractivity contribution in [2.45, 2.75) is 73.3 Å². The van der Waals surface area contributed by atoms with E-state index in [4.69, 9.17) is 4.74 Å². The fraction of sp³-hybridized carbons (Fsp3) is 0.682. The molecule has 0 radical (unpaired) electrons. The summed E-state index contributed by atoms with van der Waals surface area (Å²) in [4.78, 5) is 38.5. The fourth-order valence-electron chi connectivity index (χ4n) is 5.72. The van der Waals surface area contributed by atoms with Gasteiger partial charge in [-0.15, -0.1) is 0 Å². The minimum atomic E-state index is -0.959. The molecular formula is C22H30O5. The third-order valence-corrected chi connectivity index (χ3v) is 6.85. The number of hydrogen-bond acceptors (Lipinski definition) is 5. The van der Waals surface area contributed by atoms with E-state index in [9.17, 15) is 19.5 Å². The Morgan fingerprint density at radius 2 is 1.78 bits per heavy atom. The number of allylic oxidation sites excluding steroid dienone is 2. The van der Waals surface area contributed by atoms with Gasteiger partial charge in [0.25, 0.3) is 0 Å². The van der Waals surface area contributed by atoms with Crippen molar-refractivity contribution in [1.29, 1.82) is 0 Å². The summed E-state index contributed by atoms with van der Waals surface area (Å²) in [7, 11) is 0. The first-order chi connectivity index (χ1) is 12.4. The van der Waals surface area contributed by atoms with Gasteiger partial charge >= 0.3 is 5.97 Å². The van der Waals surface area contributed by atoms with E-state index in [-0.39, 0.29) is 39.9 Å². The predicted octanol–water partition coefficient (Wildman–Crippen LogP) is 3.51. The molecule has 0 heterocycles. The molecule has 1 saturated carbocycles. The van der Waals surface area contributed by atoms with Crippen LogP contribution in [-0.4, -0.2) is 28.7 Å². The molecule has 3 aliphatic rings. The lowest BCUT2D eigenvalue weighted by Crippen LogP contribution is -2.53. The van der Waals surface area contributed by atoms with Crippen molar-refractivity contribution < 1.29 is 24.2 Å². The number of ketones is 2. The Balaban J connectivity index is 2.23. The zero-order valence-corrected chi connectivity index (χ0v) is 17.1. The van der Waals surface area contributed by atoms with Crippen LogP contribution >= 0.6 is 0 Å². The Morgan fingerprint density at radius 3 is 2.33 bits per heavy atom. The summed E-state index contributed by atoms with van der Waals surface area (Å²) in [6, 6.07) is 0. The number of aliphatic hydroxyl groups is 1. The molecule has 0 spiro atoms. The van der Waals surface area contributed by atoms with Crippen LogP contribution in [0.3, 0.4) is 0 Å². The molecule has 3 atom stereocenters. The smallest absolute Gasteiger partial charge is 0.308 e. The molecule has 148 valence electrons. The van der Waals surface area contributed by atoms with Crippen molar-refractivity contribution in [3.63, 3.8) is 0 Å². The maximum atomic E-state index is 13.5. The van der Waals surface area contributed by atoms with Crippen LogP contribution in [-0.2, 0) is 19.1 Å². The highest BCUT2D eigenvalue weighted by Crippen LogP contribution is 2.61. The highest BCUT2D eigenvalue weighted by atomic mass is 16.5. The summed E-state index contributed by atoms with van der Waals surface area (Å²) in [5, 5.41) is 10.9. The summed E-state index contributed by atoms with van der Waals surface area (Å²) < 4.78 is 5.26. The summed E-state index contributed by atoms with van der Waals surface area (Å²) in [6.07, 6.45) is 2.29. The van der Waals surface area contributed by atoms with Gasteiger partial charge < -0.3 is 9.84 Å². The molecule has 0 bridgehead atoms. The number of carbonyl (C=O) groups excluding carboxylic acids is 3. The Bertz CT molecular complexity index is 783. The van der Waals surface area contributed by atoms with Gasteiger partial charge in [0.1, 0.15) is 0 Å². The number of ether oxygens (including phenoxy) is 1. The van der Waals surface area contributed by atoms with E-state index in [2.05, 4.69) is 13.8 Å². The third kappa shape index (κ3) is 2.91. The third-order valence-electron chi connectivity index (χ3n) is 6.85. The number of esters is 1. The maximum Gasteiger partial charge on any atom is 0.308 e. The van der Waals surface area contributed by atoms with E-state index in [1.165, 1.54) is 6.92 Å². The van der Waals surface area contributed by atoms with Crippen molar-refractivity contribution in [3.05, 3.63) is 22.5 Å². The van der Waals surface area contributed by atoms with Crippen LogP contribution in [0.25, 0.3) is 0 Å². The van der Waals surface area contributed by atoms with Crippen LogP contribution < -0.4 is 0 Å². The predicted molar refractivity (Wildman–Crippen MR) is 101 cm³/mol. The Kier molecular flexibility index (Phi) is 4.74. The molecule has 1 N–H and O–H groups in total. The van der Waals surface area contributed by atoms with E-state index >= 15 is 0 Å². The first-order valence-corrected chi connectivity index (χ1v) is 9.86. The number of carbonyl (C=O) groups is 3. The van der Waals surface area contributed by atoms with E-state index in [1.807, 2.05) is 6.92 Å². The highest BCUT2D eigenvalue weighted by Gasteiger charge is 2.57. The minimum absolute atomic E-state index is 0.0422. The Hall–Kier alpha value is -1.75. The second kappa shape index (κ2) is 6.40. The number of fused-ring (bicyclic) bond motifs is 2. The van der Waals surface area contributed by atoms with Crippen molar-refractivity contribution in [3.8, 4) is 0 Å². The summed E-state index contributed by atoms with van der Waals surface area (Å²) in [5.41, 5.74) is 0.266. The molecule has 0 saturated heterocycles. The molecule has 0 aliphatic heterocycles. The van der Waals surface area contributed by atoms with Gasteiger partial charge in [-0.3, -0.25) is 14.4 Å². The molecule has 3 rings (SSSR count). The van der Waals surface area contributed by atoms with Crippen molar-refractivity contribution in [1.82, 2.24) is 0 Å². The van der Waals surface area contributed by atoms with Gasteiger partial charge in [-0.1, -0.05) is 41.0 Å². The summed E-state index contributed by atoms with van der Waals surface area (Å²) >= 11 is 0. The van der Waals surface area contributed by atoms with Crippen molar-refractivity contribution in [2.24, 2.45) is 22.7 Å². The molecule has 5 heteroatoms. The lowest BCUT2D eigenvalue weighted by molar-refractivity contribution is -0.141. The first kappa shape index (κ1) is 20.0. The molecule has 3 aliphatic carbocycles. The molecule has 0 amide bonds. The van der Waals surface area contributed by atoms with E-state index < -0.39 is 23.3 Å². The standard InChI is InChI=1S/C22H30O5/c1-11(2)15-18(25)16-13(24)10-14-21(4,5)8-7-9-22(14,6)17(16)19(26)20(15)27-12(3)23/h11,13-14,24H,7-10H2,1-6H3/t13-,14+,22+/m1/s1. The second-order valence-corrected chi connectivity index (χ2v) is 9.50. The second-order valence-electron chi connectivity index (χ2n) is 9.50. The van der Waals surface area contributed by atoms with Crippen LogP contribution in [0, 0.1) is 22.7 Å². The molecule has 0 unspecified atom stereocenters. The number of hydrogen-bond donors (Lipinski definition) is 1. The Labute approximate surface area is 160 Å². The highest BCUT2D eigenvalue weighted by molar-refractivity contribution is 6.26. The number of aliphatic hydroxyl groups excluding tert-OH is 1. The number of Topliss-reactive ketones (excluding diaryl/α,β-unsaturated/α-hetero) is 2. The molecule has 0 aromatic carbocycles. The Morgan fingerprint density at radius 1 is 1.15 bits per heavy atom. The molecule has 27 heavy (non-hydrogen) atoms. The lowest BCUT2D eigenvalue weighted by atomic mass is 9.48. The SMILES string of the molecule is CC(=O)OC1=C(C(C)C)C(=O)C2=C(C1=O)[C@@]1(C)CCCC(C)(C)[C@@H]1C[C@H]2O. The van der Waals surface area contributed by atoms with Gasteiger partial charge in [-0.2, -0.15) is 0 Å². The fourth-order valence-corrected chi connectivity index (χ4v) is 5.72. The molecular weight excluding hydrogens is 344 g/mol. The molecule has 0 aromatic heterocycles. The quantitative estimate of drug-likeness (QED) is 0.591. The van der Waals surface area contributed by atoms with Gasteiger partial charge in [0, 0.05) is 29.1 Å². The molecule has 1 fully saturated rings. The zero-order valence-electron chi connectivity index (χ0n) is 17.1. The monoisotopic (exact) mass is 374 g/mol. The first-order valence-electron chi connectivity index (χ1n) is 9.86. The summed E-state index contributed by atoms with van der Waals surface area (Å²) in [5.74, 6) is -1.69. The zero-order chi connectivity index (χ0) is 20.3. The van der Waals surface area contributed by atoms with Crippen LogP contribution in [0.2, 0.25) is 0 Å². The van der Waals surface area contributed by atoms with Crippen molar-refractivity contribution >= 4 is 17.5 Å².